The van der Waals surface area contributed by atoms with Crippen molar-refractivity contribution >= 4 is 16.3 Å². The van der Waals surface area contributed by atoms with Crippen molar-refractivity contribution in [3.8, 4) is 0 Å². The van der Waals surface area contributed by atoms with Gasteiger partial charge in [-0.2, -0.15) is 0 Å². The van der Waals surface area contributed by atoms with Crippen LogP contribution in [0.1, 0.15) is 71.1 Å². The second-order valence-corrected chi connectivity index (χ2v) is 7.58. The zero-order valence-corrected chi connectivity index (χ0v) is 16.1. The van der Waals surface area contributed by atoms with Gasteiger partial charge in [0.15, 0.2) is 0 Å². The zero-order valence-electron chi connectivity index (χ0n) is 15.3. The van der Waals surface area contributed by atoms with E-state index < -0.39 is 10.1 Å². The Hall–Kier alpha value is -1.14. The molecular weight excluding hydrogens is 324 g/mol. The van der Waals surface area contributed by atoms with E-state index in [-0.39, 0.29) is 0 Å². The van der Waals surface area contributed by atoms with Crippen molar-refractivity contribution in [1.29, 1.82) is 0 Å². The predicted octanol–water partition coefficient (Wildman–Crippen LogP) is 3.96. The Kier molecular flexibility index (Phi) is 13.5. The largest absolute Gasteiger partial charge is 0.748 e. The molecule has 0 bridgehead atoms. The Morgan fingerprint density at radius 2 is 1.50 bits per heavy atom. The Labute approximate surface area is 148 Å². The van der Waals surface area contributed by atoms with Gasteiger partial charge < -0.3 is 4.55 Å². The van der Waals surface area contributed by atoms with E-state index >= 15 is 0 Å². The lowest BCUT2D eigenvalue weighted by molar-refractivity contribution is -0.696. The molecular formula is C18H34N2O3S. The second kappa shape index (κ2) is 14.2. The molecule has 1 aromatic rings. The molecule has 0 unspecified atom stereocenters. The number of hydrogen-bond acceptors (Lipinski definition) is 3. The van der Waals surface area contributed by atoms with Crippen LogP contribution in [0.15, 0.2) is 25.3 Å². The topological polar surface area (TPSA) is 66.0 Å². The van der Waals surface area contributed by atoms with Gasteiger partial charge in [0.25, 0.3) is 0 Å². The van der Waals surface area contributed by atoms with Gasteiger partial charge in [-0.15, -0.1) is 0 Å². The van der Waals surface area contributed by atoms with Crippen LogP contribution < -0.4 is 4.57 Å². The summed E-state index contributed by atoms with van der Waals surface area (Å²) in [4.78, 5) is 0. The molecule has 0 atom stereocenters. The molecule has 0 amide bonds. The fraction of sp³-hybridized carbons (Fsp3) is 0.722. The molecule has 0 spiro atoms. The van der Waals surface area contributed by atoms with Crippen LogP contribution >= 0.6 is 0 Å². The average Bonchev–Trinajstić information content (AvgIpc) is 2.95. The Bertz CT molecular complexity index is 516. The van der Waals surface area contributed by atoms with Crippen LogP contribution in [-0.2, 0) is 16.7 Å². The first-order chi connectivity index (χ1) is 11.4. The molecule has 0 saturated heterocycles. The van der Waals surface area contributed by atoms with Gasteiger partial charge in [-0.3, -0.25) is 0 Å². The highest BCUT2D eigenvalue weighted by molar-refractivity contribution is 7.84. The van der Waals surface area contributed by atoms with Crippen LogP contribution in [0.4, 0.5) is 0 Å². The minimum atomic E-state index is -3.92. The summed E-state index contributed by atoms with van der Waals surface area (Å²) in [6, 6.07) is 0. The van der Waals surface area contributed by atoms with E-state index in [0.29, 0.717) is 6.26 Å². The number of aryl methyl sites for hydroxylation is 1. The summed E-state index contributed by atoms with van der Waals surface area (Å²) >= 11 is 0. The van der Waals surface area contributed by atoms with Gasteiger partial charge in [-0.25, -0.2) is 17.6 Å². The molecule has 1 aromatic heterocycles. The molecule has 6 heteroatoms. The molecule has 0 aliphatic carbocycles. The van der Waals surface area contributed by atoms with E-state index in [2.05, 4.69) is 30.6 Å². The summed E-state index contributed by atoms with van der Waals surface area (Å²) in [5, 5.41) is 0. The van der Waals surface area contributed by atoms with Crippen LogP contribution in [-0.4, -0.2) is 23.8 Å². The van der Waals surface area contributed by atoms with Crippen molar-refractivity contribution < 1.29 is 17.5 Å². The summed E-state index contributed by atoms with van der Waals surface area (Å²) in [5.41, 5.74) is 0. The minimum absolute atomic E-state index is 0.604. The highest BCUT2D eigenvalue weighted by Gasteiger charge is 2.00. The van der Waals surface area contributed by atoms with E-state index in [0.717, 1.165) is 6.54 Å². The Morgan fingerprint density at radius 1 is 1.04 bits per heavy atom. The maximum Gasteiger partial charge on any atom is 0.248 e. The molecule has 0 N–H and O–H groups in total. The van der Waals surface area contributed by atoms with Crippen molar-refractivity contribution in [2.45, 2.75) is 77.7 Å². The summed E-state index contributed by atoms with van der Waals surface area (Å²) in [6.07, 6.45) is 22.7. The third kappa shape index (κ3) is 17.2. The standard InChI is InChI=1S/C17H31N2.CH4O3S/c1-3-5-6-7-8-9-10-11-12-13-14-19-16-15-18(4-2)17-19;1-5(2,3)4/h4,15-17H,2-3,5-14H2,1H3;1H3,(H,2,3,4)/q+1;/p-1. The third-order valence-corrected chi connectivity index (χ3v) is 3.69. The molecule has 0 aliphatic rings. The number of aromatic nitrogens is 2. The van der Waals surface area contributed by atoms with Crippen molar-refractivity contribution in [2.75, 3.05) is 6.26 Å². The molecule has 0 aliphatic heterocycles. The molecule has 0 fully saturated rings. The van der Waals surface area contributed by atoms with E-state index in [1.807, 2.05) is 17.0 Å². The average molecular weight is 359 g/mol. The zero-order chi connectivity index (χ0) is 18.3. The fourth-order valence-corrected chi connectivity index (χ4v) is 2.43. The van der Waals surface area contributed by atoms with Crippen LogP contribution in [0.3, 0.4) is 0 Å². The van der Waals surface area contributed by atoms with Crippen molar-refractivity contribution in [2.24, 2.45) is 0 Å². The van der Waals surface area contributed by atoms with Gasteiger partial charge in [0, 0.05) is 6.26 Å². The van der Waals surface area contributed by atoms with Crippen molar-refractivity contribution in [3.05, 3.63) is 25.3 Å². The van der Waals surface area contributed by atoms with E-state index in [4.69, 9.17) is 13.0 Å². The van der Waals surface area contributed by atoms with Gasteiger partial charge in [0.05, 0.1) is 22.9 Å². The highest BCUT2D eigenvalue weighted by atomic mass is 32.2. The molecule has 0 aromatic carbocycles. The van der Waals surface area contributed by atoms with Crippen molar-refractivity contribution in [3.63, 3.8) is 0 Å². The number of hydrogen-bond donors (Lipinski definition) is 0. The number of nitrogens with zero attached hydrogens (tertiary/aromatic N) is 2. The molecule has 0 saturated carbocycles. The van der Waals surface area contributed by atoms with Crippen molar-refractivity contribution in [1.82, 2.24) is 4.57 Å². The van der Waals surface area contributed by atoms with Crippen LogP contribution in [0.5, 0.6) is 0 Å². The van der Waals surface area contributed by atoms with E-state index in [9.17, 15) is 0 Å². The van der Waals surface area contributed by atoms with Crippen LogP contribution in [0.25, 0.3) is 6.20 Å². The van der Waals surface area contributed by atoms with E-state index in [1.165, 1.54) is 64.2 Å². The van der Waals surface area contributed by atoms with Gasteiger partial charge in [0.2, 0.25) is 6.33 Å². The molecule has 5 nitrogen and oxygen atoms in total. The summed E-state index contributed by atoms with van der Waals surface area (Å²) in [7, 11) is -3.92. The lowest BCUT2D eigenvalue weighted by Crippen LogP contribution is -2.30. The molecule has 140 valence electrons. The van der Waals surface area contributed by atoms with Gasteiger partial charge >= 0.3 is 0 Å². The number of rotatable bonds is 12. The molecule has 0 radical (unpaired) electrons. The maximum atomic E-state index is 9.08. The van der Waals surface area contributed by atoms with Crippen LogP contribution in [0.2, 0.25) is 0 Å². The normalized spacial score (nSPS) is 11.0. The molecule has 24 heavy (non-hydrogen) atoms. The smallest absolute Gasteiger partial charge is 0.248 e. The monoisotopic (exact) mass is 358 g/mol. The third-order valence-electron chi connectivity index (χ3n) is 3.69. The first kappa shape index (κ1) is 22.9. The number of unbranched alkanes of at least 4 members (excludes halogenated alkanes) is 9. The fourth-order valence-electron chi connectivity index (χ4n) is 2.43. The quantitative estimate of drug-likeness (QED) is 0.323. The summed E-state index contributed by atoms with van der Waals surface area (Å²) in [5.74, 6) is 0. The Balaban J connectivity index is 0.000000922. The first-order valence-corrected chi connectivity index (χ1v) is 10.8. The minimum Gasteiger partial charge on any atom is -0.748 e. The van der Waals surface area contributed by atoms with Crippen LogP contribution in [0, 0.1) is 0 Å². The summed E-state index contributed by atoms with van der Waals surface area (Å²) in [6.45, 7) is 7.17. The second-order valence-electron chi connectivity index (χ2n) is 6.17. The lowest BCUT2D eigenvalue weighted by Gasteiger charge is -2.01. The lowest BCUT2D eigenvalue weighted by atomic mass is 10.1. The maximum absolute atomic E-state index is 9.08. The Morgan fingerprint density at radius 3 is 1.92 bits per heavy atom. The highest BCUT2D eigenvalue weighted by Crippen LogP contribution is 2.10. The predicted molar refractivity (Wildman–Crippen MR) is 98.5 cm³/mol. The molecule has 1 rings (SSSR count). The van der Waals surface area contributed by atoms with Gasteiger partial charge in [0.1, 0.15) is 12.4 Å². The van der Waals surface area contributed by atoms with Gasteiger partial charge in [-0.1, -0.05) is 64.9 Å². The summed E-state index contributed by atoms with van der Waals surface area (Å²) < 4.78 is 31.5. The number of imidazole rings is 1. The van der Waals surface area contributed by atoms with E-state index in [1.54, 1.807) is 0 Å². The first-order valence-electron chi connectivity index (χ1n) is 8.96. The van der Waals surface area contributed by atoms with Gasteiger partial charge in [-0.05, 0) is 12.8 Å². The SMILES string of the molecule is C=Cn1cc[n+](CCCCCCCCCCCC)c1.CS(=O)(=O)[O-]. The molecule has 1 heterocycles.